The summed E-state index contributed by atoms with van der Waals surface area (Å²) in [6.45, 7) is 0.643. The molecule has 0 bridgehead atoms. The Morgan fingerprint density at radius 3 is 2.95 bits per heavy atom. The van der Waals surface area contributed by atoms with Gasteiger partial charge in [-0.05, 0) is 43.5 Å². The number of ether oxygens (including phenoxy) is 1. The van der Waals surface area contributed by atoms with Crippen molar-refractivity contribution >= 4 is 0 Å². The van der Waals surface area contributed by atoms with E-state index in [1.165, 1.54) is 18.5 Å². The summed E-state index contributed by atoms with van der Waals surface area (Å²) in [4.78, 5) is 7.70. The molecule has 0 fully saturated rings. The molecule has 102 valence electrons. The van der Waals surface area contributed by atoms with Crippen LogP contribution < -0.4 is 4.74 Å². The van der Waals surface area contributed by atoms with Crippen LogP contribution in [0, 0.1) is 11.3 Å². The lowest BCUT2D eigenvalue weighted by Crippen LogP contribution is -2.11. The maximum Gasteiger partial charge on any atom is 0.119 e. The number of nitrogens with zero attached hydrogens (tertiary/aromatic N) is 2. The summed E-state index contributed by atoms with van der Waals surface area (Å²) in [6, 6.07) is 9.36. The van der Waals surface area contributed by atoms with Gasteiger partial charge in [-0.1, -0.05) is 6.42 Å². The molecule has 4 heteroatoms. The molecule has 1 heterocycles. The molecule has 1 aromatic heterocycles. The molecule has 4 nitrogen and oxygen atoms in total. The Hall–Kier alpha value is -2.28. The van der Waals surface area contributed by atoms with E-state index in [9.17, 15) is 0 Å². The molecule has 1 aliphatic carbocycles. The monoisotopic (exact) mass is 267 g/mol. The van der Waals surface area contributed by atoms with Crippen molar-refractivity contribution in [1.29, 1.82) is 5.26 Å². The van der Waals surface area contributed by atoms with E-state index in [-0.39, 0.29) is 0 Å². The lowest BCUT2D eigenvalue weighted by Gasteiger charge is -2.15. The first-order chi connectivity index (χ1) is 9.86. The molecule has 1 atom stereocenters. The number of fused-ring (bicyclic) bond motifs is 1. The second kappa shape index (κ2) is 5.79. The molecule has 2 aromatic rings. The number of rotatable bonds is 3. The largest absolute Gasteiger partial charge is 0.493 e. The van der Waals surface area contributed by atoms with E-state index in [1.807, 2.05) is 12.1 Å². The number of aryl methyl sites for hydroxylation is 1. The van der Waals surface area contributed by atoms with Crippen LogP contribution in [0.4, 0.5) is 0 Å². The van der Waals surface area contributed by atoms with Crippen LogP contribution in [-0.4, -0.2) is 16.6 Å². The van der Waals surface area contributed by atoms with Gasteiger partial charge in [-0.15, -0.1) is 0 Å². The Bertz CT molecular complexity index is 609. The van der Waals surface area contributed by atoms with Gasteiger partial charge in [-0.2, -0.15) is 5.26 Å². The first kappa shape index (κ1) is 12.7. The first-order valence-electron chi connectivity index (χ1n) is 7.02. The van der Waals surface area contributed by atoms with Crippen LogP contribution in [0.25, 0.3) is 0 Å². The summed E-state index contributed by atoms with van der Waals surface area (Å²) in [5.41, 5.74) is 3.08. The van der Waals surface area contributed by atoms with Crippen molar-refractivity contribution in [1.82, 2.24) is 9.97 Å². The SMILES string of the molecule is N#Cc1ccc(OCC2CCCCc3[nH]cnc32)cc1. The second-order valence-electron chi connectivity index (χ2n) is 5.16. The lowest BCUT2D eigenvalue weighted by atomic mass is 10.0. The third-order valence-corrected chi connectivity index (χ3v) is 3.80. The average Bonchev–Trinajstić information content (AvgIpc) is 2.87. The molecule has 1 aliphatic rings. The van der Waals surface area contributed by atoms with Crippen molar-refractivity contribution < 1.29 is 4.74 Å². The van der Waals surface area contributed by atoms with Crippen LogP contribution >= 0.6 is 0 Å². The number of H-pyrrole nitrogens is 1. The Kier molecular flexibility index (Phi) is 3.69. The molecule has 0 amide bonds. The minimum atomic E-state index is 0.356. The summed E-state index contributed by atoms with van der Waals surface area (Å²) in [5, 5.41) is 8.78. The zero-order chi connectivity index (χ0) is 13.8. The maximum atomic E-state index is 8.78. The Labute approximate surface area is 118 Å². The molecule has 0 aliphatic heterocycles. The van der Waals surface area contributed by atoms with Gasteiger partial charge in [0, 0.05) is 11.6 Å². The first-order valence-corrected chi connectivity index (χ1v) is 7.02. The molecular formula is C16H17N3O. The number of aromatic nitrogens is 2. The molecule has 0 radical (unpaired) electrons. The van der Waals surface area contributed by atoms with Gasteiger partial charge in [0.25, 0.3) is 0 Å². The molecule has 0 saturated carbocycles. The van der Waals surface area contributed by atoms with Crippen LogP contribution in [0.2, 0.25) is 0 Å². The summed E-state index contributed by atoms with van der Waals surface area (Å²) in [5.74, 6) is 1.17. The predicted molar refractivity (Wildman–Crippen MR) is 75.5 cm³/mol. The standard InChI is InChI=1S/C16H17N3O/c17-9-12-5-7-14(8-6-12)20-10-13-3-1-2-4-15-16(13)19-11-18-15/h5-8,11,13H,1-4,10H2,(H,18,19). The van der Waals surface area contributed by atoms with E-state index >= 15 is 0 Å². The third kappa shape index (κ3) is 2.67. The predicted octanol–water partition coefficient (Wildman–Crippen LogP) is 3.17. The second-order valence-corrected chi connectivity index (χ2v) is 5.16. The highest BCUT2D eigenvalue weighted by molar-refractivity contribution is 5.34. The van der Waals surface area contributed by atoms with Gasteiger partial charge < -0.3 is 9.72 Å². The maximum absolute atomic E-state index is 8.78. The number of benzene rings is 1. The molecule has 3 rings (SSSR count). The van der Waals surface area contributed by atoms with Gasteiger partial charge in [0.2, 0.25) is 0 Å². The number of hydrogen-bond donors (Lipinski definition) is 1. The average molecular weight is 267 g/mol. The summed E-state index contributed by atoms with van der Waals surface area (Å²) in [7, 11) is 0. The highest BCUT2D eigenvalue weighted by Crippen LogP contribution is 2.28. The minimum absolute atomic E-state index is 0.356. The van der Waals surface area contributed by atoms with E-state index < -0.39 is 0 Å². The smallest absolute Gasteiger partial charge is 0.119 e. The lowest BCUT2D eigenvalue weighted by molar-refractivity contribution is 0.278. The minimum Gasteiger partial charge on any atom is -0.493 e. The Morgan fingerprint density at radius 1 is 1.30 bits per heavy atom. The molecule has 1 unspecified atom stereocenters. The fraction of sp³-hybridized carbons (Fsp3) is 0.375. The summed E-state index contributed by atoms with van der Waals surface area (Å²) < 4.78 is 5.86. The molecule has 1 N–H and O–H groups in total. The van der Waals surface area contributed by atoms with Crippen molar-refractivity contribution in [2.75, 3.05) is 6.61 Å². The van der Waals surface area contributed by atoms with Crippen molar-refractivity contribution in [2.24, 2.45) is 0 Å². The zero-order valence-corrected chi connectivity index (χ0v) is 11.3. The quantitative estimate of drug-likeness (QED) is 0.869. The summed E-state index contributed by atoms with van der Waals surface area (Å²) >= 11 is 0. The van der Waals surface area contributed by atoms with Crippen LogP contribution in [0.5, 0.6) is 5.75 Å². The fourth-order valence-electron chi connectivity index (χ4n) is 2.70. The number of hydrogen-bond acceptors (Lipinski definition) is 3. The number of imidazole rings is 1. The highest BCUT2D eigenvalue weighted by atomic mass is 16.5. The van der Waals surface area contributed by atoms with Crippen LogP contribution in [0.3, 0.4) is 0 Å². The van der Waals surface area contributed by atoms with Gasteiger partial charge in [0.05, 0.1) is 30.3 Å². The molecular weight excluding hydrogens is 250 g/mol. The Balaban J connectivity index is 1.67. The van der Waals surface area contributed by atoms with Crippen LogP contribution in [-0.2, 0) is 6.42 Å². The molecule has 0 spiro atoms. The van der Waals surface area contributed by atoms with E-state index in [4.69, 9.17) is 10.00 Å². The van der Waals surface area contributed by atoms with Crippen molar-refractivity contribution in [3.63, 3.8) is 0 Å². The number of aromatic amines is 1. The molecule has 20 heavy (non-hydrogen) atoms. The van der Waals surface area contributed by atoms with Gasteiger partial charge in [-0.25, -0.2) is 4.98 Å². The normalized spacial score (nSPS) is 17.9. The third-order valence-electron chi connectivity index (χ3n) is 3.80. The van der Waals surface area contributed by atoms with E-state index in [2.05, 4.69) is 16.0 Å². The van der Waals surface area contributed by atoms with Gasteiger partial charge >= 0.3 is 0 Å². The highest BCUT2D eigenvalue weighted by Gasteiger charge is 2.21. The number of nitriles is 1. The van der Waals surface area contributed by atoms with Crippen molar-refractivity contribution in [3.05, 3.63) is 47.5 Å². The topological polar surface area (TPSA) is 61.7 Å². The molecule has 1 aromatic carbocycles. The summed E-state index contributed by atoms with van der Waals surface area (Å²) in [6.07, 6.45) is 6.41. The Morgan fingerprint density at radius 2 is 2.15 bits per heavy atom. The van der Waals surface area contributed by atoms with Crippen molar-refractivity contribution in [2.45, 2.75) is 31.6 Å². The van der Waals surface area contributed by atoms with E-state index in [0.717, 1.165) is 24.3 Å². The van der Waals surface area contributed by atoms with E-state index in [1.54, 1.807) is 18.5 Å². The van der Waals surface area contributed by atoms with E-state index in [0.29, 0.717) is 18.1 Å². The van der Waals surface area contributed by atoms with Gasteiger partial charge in [0.15, 0.2) is 0 Å². The van der Waals surface area contributed by atoms with Gasteiger partial charge in [0.1, 0.15) is 5.75 Å². The van der Waals surface area contributed by atoms with Crippen LogP contribution in [0.1, 0.15) is 42.1 Å². The zero-order valence-electron chi connectivity index (χ0n) is 11.3. The van der Waals surface area contributed by atoms with Crippen molar-refractivity contribution in [3.8, 4) is 11.8 Å². The molecule has 0 saturated heterocycles. The van der Waals surface area contributed by atoms with Crippen LogP contribution in [0.15, 0.2) is 30.6 Å². The number of nitrogens with one attached hydrogen (secondary N) is 1. The fourth-order valence-corrected chi connectivity index (χ4v) is 2.70. The van der Waals surface area contributed by atoms with Gasteiger partial charge in [-0.3, -0.25) is 0 Å².